The fraction of sp³-hybridized carbons (Fsp3) is 0.118. The SMILES string of the molecule is O=C1c2ccccc2OC12C=CC1=CC=CCN1C=C2. The molecule has 1 aromatic rings. The van der Waals surface area contributed by atoms with E-state index in [1.54, 1.807) is 0 Å². The van der Waals surface area contributed by atoms with E-state index in [1.165, 1.54) is 0 Å². The van der Waals surface area contributed by atoms with Crippen molar-refractivity contribution in [3.05, 3.63) is 78.2 Å². The monoisotopic (exact) mass is 263 g/mol. The van der Waals surface area contributed by atoms with Gasteiger partial charge in [0.2, 0.25) is 11.4 Å². The van der Waals surface area contributed by atoms with E-state index < -0.39 is 5.60 Å². The summed E-state index contributed by atoms with van der Waals surface area (Å²) in [7, 11) is 0. The summed E-state index contributed by atoms with van der Waals surface area (Å²) in [5, 5.41) is 0. The molecule has 3 nitrogen and oxygen atoms in total. The first kappa shape index (κ1) is 11.3. The van der Waals surface area contributed by atoms with Gasteiger partial charge in [0.25, 0.3) is 0 Å². The quantitative estimate of drug-likeness (QED) is 0.721. The topological polar surface area (TPSA) is 29.5 Å². The zero-order chi connectivity index (χ0) is 13.6. The Kier molecular flexibility index (Phi) is 2.24. The van der Waals surface area contributed by atoms with Gasteiger partial charge >= 0.3 is 0 Å². The Morgan fingerprint density at radius 2 is 2.10 bits per heavy atom. The second-order valence-corrected chi connectivity index (χ2v) is 5.04. The number of allylic oxidation sites excluding steroid dienone is 3. The third-order valence-corrected chi connectivity index (χ3v) is 3.81. The van der Waals surface area contributed by atoms with E-state index in [4.69, 9.17) is 4.74 Å². The predicted octanol–water partition coefficient (Wildman–Crippen LogP) is 2.84. The van der Waals surface area contributed by atoms with Crippen LogP contribution in [0.25, 0.3) is 0 Å². The fourth-order valence-electron chi connectivity index (χ4n) is 2.71. The number of hydrogen-bond donors (Lipinski definition) is 0. The van der Waals surface area contributed by atoms with Crippen LogP contribution in [0, 0.1) is 0 Å². The highest BCUT2D eigenvalue weighted by atomic mass is 16.5. The molecule has 3 aliphatic heterocycles. The largest absolute Gasteiger partial charge is 0.470 e. The number of ether oxygens (including phenoxy) is 1. The van der Waals surface area contributed by atoms with Crippen LogP contribution in [0.5, 0.6) is 5.75 Å². The molecule has 1 spiro atoms. The molecule has 1 aromatic carbocycles. The van der Waals surface area contributed by atoms with Crippen LogP contribution in [-0.2, 0) is 0 Å². The van der Waals surface area contributed by atoms with Crippen LogP contribution >= 0.6 is 0 Å². The van der Waals surface area contributed by atoms with E-state index in [-0.39, 0.29) is 5.78 Å². The van der Waals surface area contributed by atoms with E-state index in [0.29, 0.717) is 11.3 Å². The molecule has 0 amide bonds. The molecule has 0 radical (unpaired) electrons. The Morgan fingerprint density at radius 1 is 1.20 bits per heavy atom. The Morgan fingerprint density at radius 3 is 3.00 bits per heavy atom. The molecule has 1 atom stereocenters. The van der Waals surface area contributed by atoms with Crippen molar-refractivity contribution in [1.82, 2.24) is 4.90 Å². The molecular weight excluding hydrogens is 250 g/mol. The van der Waals surface area contributed by atoms with E-state index >= 15 is 0 Å². The number of carbonyl (C=O) groups is 1. The van der Waals surface area contributed by atoms with Crippen molar-refractivity contribution in [2.24, 2.45) is 0 Å². The van der Waals surface area contributed by atoms with Gasteiger partial charge in [-0.15, -0.1) is 0 Å². The van der Waals surface area contributed by atoms with Gasteiger partial charge in [0.1, 0.15) is 5.75 Å². The van der Waals surface area contributed by atoms with E-state index in [0.717, 1.165) is 12.2 Å². The molecule has 98 valence electrons. The standard InChI is InChI=1S/C17H13NO2/c19-16-14-6-1-2-7-15(14)20-17(16)9-8-13-5-3-4-11-18(13)12-10-17/h1-10,12H,11H2. The molecule has 0 saturated carbocycles. The minimum absolute atomic E-state index is 0.00555. The molecule has 20 heavy (non-hydrogen) atoms. The summed E-state index contributed by atoms with van der Waals surface area (Å²) in [6, 6.07) is 7.39. The highest BCUT2D eigenvalue weighted by Gasteiger charge is 2.44. The zero-order valence-corrected chi connectivity index (χ0v) is 10.8. The Hall–Kier alpha value is -2.55. The van der Waals surface area contributed by atoms with Crippen LogP contribution < -0.4 is 4.74 Å². The number of rotatable bonds is 0. The molecule has 1 unspecified atom stereocenters. The maximum Gasteiger partial charge on any atom is 0.218 e. The Balaban J connectivity index is 1.79. The lowest BCUT2D eigenvalue weighted by atomic mass is 9.95. The highest BCUT2D eigenvalue weighted by molar-refractivity contribution is 6.10. The van der Waals surface area contributed by atoms with Gasteiger partial charge in [-0.3, -0.25) is 4.79 Å². The molecule has 3 heterocycles. The fourth-order valence-corrected chi connectivity index (χ4v) is 2.71. The Bertz CT molecular complexity index is 711. The summed E-state index contributed by atoms with van der Waals surface area (Å²) < 4.78 is 5.94. The first-order chi connectivity index (χ1) is 9.78. The third kappa shape index (κ3) is 1.50. The van der Waals surface area contributed by atoms with Crippen LogP contribution in [0.2, 0.25) is 0 Å². The maximum absolute atomic E-state index is 12.7. The van der Waals surface area contributed by atoms with Crippen LogP contribution in [-0.4, -0.2) is 22.8 Å². The molecule has 0 aliphatic carbocycles. The van der Waals surface area contributed by atoms with Crippen molar-refractivity contribution < 1.29 is 9.53 Å². The van der Waals surface area contributed by atoms with Gasteiger partial charge < -0.3 is 9.64 Å². The number of carbonyl (C=O) groups excluding carboxylic acids is 1. The minimum atomic E-state index is -0.998. The zero-order valence-electron chi connectivity index (χ0n) is 10.8. The summed E-state index contributed by atoms with van der Waals surface area (Å²) in [6.45, 7) is 0.809. The molecule has 0 bridgehead atoms. The van der Waals surface area contributed by atoms with E-state index in [1.807, 2.05) is 60.8 Å². The summed E-state index contributed by atoms with van der Waals surface area (Å²) >= 11 is 0. The average molecular weight is 263 g/mol. The van der Waals surface area contributed by atoms with Crippen LogP contribution in [0.3, 0.4) is 0 Å². The second kappa shape index (κ2) is 3.97. The maximum atomic E-state index is 12.7. The lowest BCUT2D eigenvalue weighted by Crippen LogP contribution is -2.35. The number of nitrogens with zero attached hydrogens (tertiary/aromatic N) is 1. The predicted molar refractivity (Wildman–Crippen MR) is 76.3 cm³/mol. The van der Waals surface area contributed by atoms with Gasteiger partial charge in [-0.05, 0) is 36.4 Å². The van der Waals surface area contributed by atoms with Crippen LogP contribution in [0.15, 0.2) is 72.6 Å². The minimum Gasteiger partial charge on any atom is -0.470 e. The van der Waals surface area contributed by atoms with Gasteiger partial charge in [-0.2, -0.15) is 0 Å². The first-order valence-electron chi connectivity index (χ1n) is 6.63. The van der Waals surface area contributed by atoms with Gasteiger partial charge in [-0.1, -0.05) is 24.3 Å². The highest BCUT2D eigenvalue weighted by Crippen LogP contribution is 2.38. The molecule has 3 aliphatic rings. The molecule has 3 heteroatoms. The molecule has 0 saturated heterocycles. The van der Waals surface area contributed by atoms with Crippen molar-refractivity contribution in [1.29, 1.82) is 0 Å². The number of benzene rings is 1. The normalized spacial score (nSPS) is 26.1. The number of Topliss-reactive ketones (excluding diaryl/α,β-unsaturated/α-hetero) is 1. The number of fused-ring (bicyclic) bond motifs is 2. The summed E-state index contributed by atoms with van der Waals surface area (Å²) in [4.78, 5) is 14.7. The lowest BCUT2D eigenvalue weighted by molar-refractivity contribution is 0.0809. The lowest BCUT2D eigenvalue weighted by Gasteiger charge is -2.21. The number of hydrogen-bond acceptors (Lipinski definition) is 3. The molecule has 4 rings (SSSR count). The van der Waals surface area contributed by atoms with Crippen molar-refractivity contribution in [3.63, 3.8) is 0 Å². The second-order valence-electron chi connectivity index (χ2n) is 5.04. The van der Waals surface area contributed by atoms with Gasteiger partial charge in [-0.25, -0.2) is 0 Å². The smallest absolute Gasteiger partial charge is 0.218 e. The van der Waals surface area contributed by atoms with Crippen molar-refractivity contribution >= 4 is 5.78 Å². The molecular formula is C17H13NO2. The van der Waals surface area contributed by atoms with Crippen molar-refractivity contribution in [2.45, 2.75) is 5.60 Å². The first-order valence-corrected chi connectivity index (χ1v) is 6.63. The van der Waals surface area contributed by atoms with Gasteiger partial charge in [0, 0.05) is 18.4 Å². The van der Waals surface area contributed by atoms with Crippen LogP contribution in [0.4, 0.5) is 0 Å². The van der Waals surface area contributed by atoms with E-state index in [9.17, 15) is 4.79 Å². The van der Waals surface area contributed by atoms with E-state index in [2.05, 4.69) is 11.0 Å². The van der Waals surface area contributed by atoms with Crippen molar-refractivity contribution in [2.75, 3.05) is 6.54 Å². The van der Waals surface area contributed by atoms with Crippen LogP contribution in [0.1, 0.15) is 10.4 Å². The van der Waals surface area contributed by atoms with Crippen molar-refractivity contribution in [3.8, 4) is 5.75 Å². The number of ketones is 1. The van der Waals surface area contributed by atoms with Gasteiger partial charge in [0.15, 0.2) is 0 Å². The molecule has 0 aromatic heterocycles. The third-order valence-electron chi connectivity index (χ3n) is 3.81. The van der Waals surface area contributed by atoms with Gasteiger partial charge in [0.05, 0.1) is 5.56 Å². The number of para-hydroxylation sites is 1. The average Bonchev–Trinajstić information content (AvgIpc) is 2.65. The summed E-state index contributed by atoms with van der Waals surface area (Å²) in [5.41, 5.74) is 0.712. The molecule has 0 N–H and O–H groups in total. The Labute approximate surface area is 117 Å². The summed E-state index contributed by atoms with van der Waals surface area (Å²) in [5.74, 6) is 0.646. The molecule has 0 fully saturated rings. The summed E-state index contributed by atoms with van der Waals surface area (Å²) in [6.07, 6.45) is 13.7.